The third kappa shape index (κ3) is 4.78. The first-order valence-corrected chi connectivity index (χ1v) is 9.39. The molecule has 2 aromatic carbocycles. The molecular formula is C22H18F2N4O2. The van der Waals surface area contributed by atoms with Crippen molar-refractivity contribution < 1.29 is 13.6 Å². The number of halogens is 2. The standard InChI is InChI=1S/C22H18F2N4O2/c23-17-10-9-15(12-18(17)24)21(30)28-22(27-19-5-2-6-20(29)26-19)25-16-4-1-3-14(11-16)13-7-8-13/h1-6,9-13H,7-8H2,(H3,25,26,27,28,29,30). The number of guanidine groups is 1. The second-order valence-corrected chi connectivity index (χ2v) is 6.97. The molecule has 3 N–H and O–H groups in total. The minimum Gasteiger partial charge on any atom is -0.326 e. The highest BCUT2D eigenvalue weighted by Crippen LogP contribution is 2.40. The zero-order valence-electron chi connectivity index (χ0n) is 15.8. The first kappa shape index (κ1) is 19.5. The molecule has 1 amide bonds. The molecule has 30 heavy (non-hydrogen) atoms. The van der Waals surface area contributed by atoms with Gasteiger partial charge in [0.1, 0.15) is 5.82 Å². The first-order chi connectivity index (χ1) is 14.5. The average molecular weight is 408 g/mol. The van der Waals surface area contributed by atoms with Crippen molar-refractivity contribution in [2.75, 3.05) is 5.32 Å². The van der Waals surface area contributed by atoms with Gasteiger partial charge in [0, 0.05) is 17.3 Å². The fourth-order valence-corrected chi connectivity index (χ4v) is 2.95. The third-order valence-corrected chi connectivity index (χ3v) is 4.60. The predicted octanol–water partition coefficient (Wildman–Crippen LogP) is 4.06. The molecule has 1 fully saturated rings. The van der Waals surface area contributed by atoms with E-state index in [0.29, 0.717) is 11.6 Å². The first-order valence-electron chi connectivity index (χ1n) is 9.39. The number of nitrogens with zero attached hydrogens (tertiary/aromatic N) is 1. The molecule has 8 heteroatoms. The van der Waals surface area contributed by atoms with Gasteiger partial charge in [0.25, 0.3) is 5.91 Å². The van der Waals surface area contributed by atoms with Crippen LogP contribution in [0.5, 0.6) is 0 Å². The molecule has 1 aliphatic rings. The van der Waals surface area contributed by atoms with E-state index in [1.807, 2.05) is 24.3 Å². The maximum Gasteiger partial charge on any atom is 0.258 e. The van der Waals surface area contributed by atoms with Gasteiger partial charge in [-0.3, -0.25) is 14.9 Å². The van der Waals surface area contributed by atoms with Crippen molar-refractivity contribution in [3.05, 3.63) is 93.8 Å². The Morgan fingerprint density at radius 3 is 2.53 bits per heavy atom. The fourth-order valence-electron chi connectivity index (χ4n) is 2.95. The summed E-state index contributed by atoms with van der Waals surface area (Å²) < 4.78 is 26.7. The lowest BCUT2D eigenvalue weighted by molar-refractivity contribution is 0.0976. The number of pyridine rings is 1. The van der Waals surface area contributed by atoms with Crippen molar-refractivity contribution in [1.29, 1.82) is 0 Å². The summed E-state index contributed by atoms with van der Waals surface area (Å²) in [6, 6.07) is 15.0. The number of nitrogens with one attached hydrogen (secondary N) is 3. The van der Waals surface area contributed by atoms with E-state index < -0.39 is 17.5 Å². The van der Waals surface area contributed by atoms with E-state index in [2.05, 4.69) is 20.6 Å². The average Bonchev–Trinajstić information content (AvgIpc) is 3.55. The van der Waals surface area contributed by atoms with Crippen LogP contribution in [0.4, 0.5) is 20.3 Å². The lowest BCUT2D eigenvalue weighted by atomic mass is 10.1. The molecule has 1 aromatic heterocycles. The Balaban J connectivity index is 1.62. The van der Waals surface area contributed by atoms with Gasteiger partial charge in [-0.05, 0) is 60.7 Å². The van der Waals surface area contributed by atoms with Crippen LogP contribution in [-0.2, 0) is 0 Å². The molecule has 152 valence electrons. The Morgan fingerprint density at radius 2 is 1.80 bits per heavy atom. The number of amides is 1. The van der Waals surface area contributed by atoms with Crippen LogP contribution in [0.15, 0.2) is 70.5 Å². The highest BCUT2D eigenvalue weighted by atomic mass is 19.2. The summed E-state index contributed by atoms with van der Waals surface area (Å²) in [5.41, 5.74) is 1.45. The molecule has 1 aliphatic carbocycles. The maximum atomic E-state index is 13.5. The molecule has 0 aliphatic heterocycles. The molecule has 0 spiro atoms. The zero-order chi connectivity index (χ0) is 21.1. The highest BCUT2D eigenvalue weighted by molar-refractivity contribution is 6.10. The summed E-state index contributed by atoms with van der Waals surface area (Å²) in [4.78, 5) is 30.9. The van der Waals surface area contributed by atoms with Gasteiger partial charge < -0.3 is 10.3 Å². The SMILES string of the molecule is O=C(N/C(=N/c1cccc(=O)[nH]1)Nc1cccc(C2CC2)c1)c1ccc(F)c(F)c1. The molecule has 4 rings (SSSR count). The van der Waals surface area contributed by atoms with Crippen LogP contribution in [0, 0.1) is 11.6 Å². The maximum absolute atomic E-state index is 13.5. The quantitative estimate of drug-likeness (QED) is 0.450. The Bertz CT molecular complexity index is 1190. The number of hydrogen-bond donors (Lipinski definition) is 3. The summed E-state index contributed by atoms with van der Waals surface area (Å²) in [7, 11) is 0. The van der Waals surface area contributed by atoms with Crippen molar-refractivity contribution in [3.8, 4) is 0 Å². The van der Waals surface area contributed by atoms with Gasteiger partial charge >= 0.3 is 0 Å². The van der Waals surface area contributed by atoms with Crippen molar-refractivity contribution >= 4 is 23.4 Å². The molecule has 0 bridgehead atoms. The van der Waals surface area contributed by atoms with Crippen molar-refractivity contribution in [2.24, 2.45) is 4.99 Å². The van der Waals surface area contributed by atoms with Crippen LogP contribution in [0.25, 0.3) is 0 Å². The van der Waals surface area contributed by atoms with Gasteiger partial charge in [-0.2, -0.15) is 4.99 Å². The van der Waals surface area contributed by atoms with E-state index in [1.54, 1.807) is 6.07 Å². The number of hydrogen-bond acceptors (Lipinski definition) is 3. The van der Waals surface area contributed by atoms with Crippen LogP contribution in [-0.4, -0.2) is 16.9 Å². The van der Waals surface area contributed by atoms with Gasteiger partial charge in [-0.15, -0.1) is 0 Å². The molecule has 0 unspecified atom stereocenters. The Morgan fingerprint density at radius 1 is 1.00 bits per heavy atom. The van der Waals surface area contributed by atoms with Crippen LogP contribution >= 0.6 is 0 Å². The van der Waals surface area contributed by atoms with Crippen molar-refractivity contribution in [2.45, 2.75) is 18.8 Å². The molecule has 0 radical (unpaired) electrons. The third-order valence-electron chi connectivity index (χ3n) is 4.60. The Kier molecular flexibility index (Phi) is 5.38. The van der Waals surface area contributed by atoms with Gasteiger partial charge in [-0.1, -0.05) is 18.2 Å². The monoisotopic (exact) mass is 408 g/mol. The Labute approximate surface area is 170 Å². The molecule has 6 nitrogen and oxygen atoms in total. The second-order valence-electron chi connectivity index (χ2n) is 6.97. The number of rotatable bonds is 4. The minimum absolute atomic E-state index is 0.0273. The summed E-state index contributed by atoms with van der Waals surface area (Å²) >= 11 is 0. The highest BCUT2D eigenvalue weighted by Gasteiger charge is 2.23. The predicted molar refractivity (Wildman–Crippen MR) is 110 cm³/mol. The summed E-state index contributed by atoms with van der Waals surface area (Å²) in [5, 5.41) is 5.57. The van der Waals surface area contributed by atoms with Crippen molar-refractivity contribution in [3.63, 3.8) is 0 Å². The molecule has 1 heterocycles. The normalized spacial score (nSPS) is 13.7. The van der Waals surface area contributed by atoms with E-state index >= 15 is 0 Å². The molecule has 1 saturated carbocycles. The molecular weight excluding hydrogens is 390 g/mol. The number of aromatic nitrogens is 1. The topological polar surface area (TPSA) is 86.3 Å². The van der Waals surface area contributed by atoms with E-state index in [0.717, 1.165) is 25.0 Å². The van der Waals surface area contributed by atoms with Gasteiger partial charge in [0.15, 0.2) is 11.6 Å². The van der Waals surface area contributed by atoms with E-state index in [-0.39, 0.29) is 22.9 Å². The van der Waals surface area contributed by atoms with Crippen LogP contribution in [0.1, 0.15) is 34.7 Å². The molecule has 0 saturated heterocycles. The number of carbonyl (C=O) groups excluding carboxylic acids is 1. The Hall–Kier alpha value is -3.81. The molecule has 0 atom stereocenters. The van der Waals surface area contributed by atoms with E-state index in [1.165, 1.54) is 23.8 Å². The van der Waals surface area contributed by atoms with Gasteiger partial charge in [0.2, 0.25) is 11.5 Å². The number of anilines is 1. The largest absolute Gasteiger partial charge is 0.326 e. The number of carbonyl (C=O) groups is 1. The van der Waals surface area contributed by atoms with E-state index in [4.69, 9.17) is 0 Å². The van der Waals surface area contributed by atoms with Gasteiger partial charge in [0.05, 0.1) is 0 Å². The fraction of sp³-hybridized carbons (Fsp3) is 0.136. The number of benzene rings is 2. The minimum atomic E-state index is -1.13. The molecule has 3 aromatic rings. The van der Waals surface area contributed by atoms with E-state index in [9.17, 15) is 18.4 Å². The van der Waals surface area contributed by atoms with Crippen LogP contribution in [0.3, 0.4) is 0 Å². The smallest absolute Gasteiger partial charge is 0.258 e. The summed E-state index contributed by atoms with van der Waals surface area (Å²) in [6.45, 7) is 0. The van der Waals surface area contributed by atoms with Crippen LogP contribution in [0.2, 0.25) is 0 Å². The zero-order valence-corrected chi connectivity index (χ0v) is 15.8. The number of aliphatic imine (C=N–C) groups is 1. The van der Waals surface area contributed by atoms with Crippen molar-refractivity contribution in [1.82, 2.24) is 10.3 Å². The lowest BCUT2D eigenvalue weighted by Gasteiger charge is -2.13. The lowest BCUT2D eigenvalue weighted by Crippen LogP contribution is -2.36. The number of H-pyrrole nitrogens is 1. The second kappa shape index (κ2) is 8.28. The van der Waals surface area contributed by atoms with Crippen LogP contribution < -0.4 is 16.2 Å². The number of aromatic amines is 1. The van der Waals surface area contributed by atoms with Gasteiger partial charge in [-0.25, -0.2) is 8.78 Å². The summed E-state index contributed by atoms with van der Waals surface area (Å²) in [5.74, 6) is -2.07. The summed E-state index contributed by atoms with van der Waals surface area (Å²) in [6.07, 6.45) is 2.28.